The van der Waals surface area contributed by atoms with Gasteiger partial charge in [0.15, 0.2) is 6.61 Å². The normalized spacial score (nSPS) is 10.1. The van der Waals surface area contributed by atoms with Crippen molar-refractivity contribution in [2.24, 2.45) is 0 Å². The van der Waals surface area contributed by atoms with Crippen LogP contribution in [0.3, 0.4) is 0 Å². The van der Waals surface area contributed by atoms with Gasteiger partial charge in [0.1, 0.15) is 5.75 Å². The Hall–Kier alpha value is -2.82. The van der Waals surface area contributed by atoms with Gasteiger partial charge in [-0.05, 0) is 49.7 Å². The van der Waals surface area contributed by atoms with E-state index in [1.54, 1.807) is 24.3 Å². The second-order valence-corrected chi connectivity index (χ2v) is 5.48. The lowest BCUT2D eigenvalue weighted by molar-refractivity contribution is -0.118. The van der Waals surface area contributed by atoms with E-state index in [1.807, 2.05) is 38.1 Å². The van der Waals surface area contributed by atoms with Gasteiger partial charge >= 0.3 is 0 Å². The van der Waals surface area contributed by atoms with Crippen LogP contribution in [0.4, 0.5) is 5.69 Å². The SMILES string of the molecule is CCCNC(=O)c1ccc(NC(=O)COc2ccc(C)cc2)cc1. The van der Waals surface area contributed by atoms with E-state index in [4.69, 9.17) is 4.74 Å². The standard InChI is InChI=1S/C19H22N2O3/c1-3-12-20-19(23)15-6-8-16(9-7-15)21-18(22)13-24-17-10-4-14(2)5-11-17/h4-11H,3,12-13H2,1-2H3,(H,20,23)(H,21,22). The van der Waals surface area contributed by atoms with Crippen molar-refractivity contribution in [3.8, 4) is 5.75 Å². The minimum atomic E-state index is -0.251. The molecule has 0 saturated heterocycles. The summed E-state index contributed by atoms with van der Waals surface area (Å²) >= 11 is 0. The van der Waals surface area contributed by atoms with Gasteiger partial charge in [-0.15, -0.1) is 0 Å². The van der Waals surface area contributed by atoms with Gasteiger partial charge in [-0.3, -0.25) is 9.59 Å². The van der Waals surface area contributed by atoms with E-state index in [0.29, 0.717) is 23.5 Å². The highest BCUT2D eigenvalue weighted by Crippen LogP contribution is 2.12. The molecule has 0 spiro atoms. The average molecular weight is 326 g/mol. The Morgan fingerprint density at radius 2 is 1.67 bits per heavy atom. The molecule has 0 atom stereocenters. The van der Waals surface area contributed by atoms with Gasteiger partial charge in [-0.1, -0.05) is 24.6 Å². The smallest absolute Gasteiger partial charge is 0.262 e. The Labute approximate surface area is 142 Å². The molecule has 0 aliphatic carbocycles. The van der Waals surface area contributed by atoms with Gasteiger partial charge in [0.05, 0.1) is 0 Å². The number of ether oxygens (including phenoxy) is 1. The third-order valence-corrected chi connectivity index (χ3v) is 3.36. The highest BCUT2D eigenvalue weighted by Gasteiger charge is 2.07. The molecule has 0 radical (unpaired) electrons. The third-order valence-electron chi connectivity index (χ3n) is 3.36. The summed E-state index contributed by atoms with van der Waals surface area (Å²) in [5.74, 6) is 0.287. The van der Waals surface area contributed by atoms with Crippen LogP contribution in [0.5, 0.6) is 5.75 Å². The number of aryl methyl sites for hydroxylation is 1. The first-order valence-corrected chi connectivity index (χ1v) is 7.96. The Kier molecular flexibility index (Phi) is 6.37. The molecule has 5 heteroatoms. The van der Waals surface area contributed by atoms with Crippen LogP contribution in [0.25, 0.3) is 0 Å². The van der Waals surface area contributed by atoms with Crippen LogP contribution in [-0.2, 0) is 4.79 Å². The Bertz CT molecular complexity index is 679. The van der Waals surface area contributed by atoms with Gasteiger partial charge in [0.2, 0.25) is 0 Å². The van der Waals surface area contributed by atoms with Crippen molar-refractivity contribution < 1.29 is 14.3 Å². The maximum Gasteiger partial charge on any atom is 0.262 e. The first-order valence-electron chi connectivity index (χ1n) is 7.96. The predicted molar refractivity (Wildman–Crippen MR) is 94.4 cm³/mol. The van der Waals surface area contributed by atoms with E-state index in [2.05, 4.69) is 10.6 Å². The molecule has 5 nitrogen and oxygen atoms in total. The van der Waals surface area contributed by atoms with Gasteiger partial charge in [-0.2, -0.15) is 0 Å². The second-order valence-electron chi connectivity index (χ2n) is 5.48. The molecule has 2 aromatic carbocycles. The number of rotatable bonds is 7. The van der Waals surface area contributed by atoms with Gasteiger partial charge in [0, 0.05) is 17.8 Å². The van der Waals surface area contributed by atoms with E-state index in [-0.39, 0.29) is 18.4 Å². The lowest BCUT2D eigenvalue weighted by Crippen LogP contribution is -2.24. The van der Waals surface area contributed by atoms with Crippen LogP contribution in [0.2, 0.25) is 0 Å². The summed E-state index contributed by atoms with van der Waals surface area (Å²) in [6, 6.07) is 14.3. The molecular formula is C19H22N2O3. The van der Waals surface area contributed by atoms with Crippen LogP contribution in [-0.4, -0.2) is 25.0 Å². The molecule has 0 fully saturated rings. The molecule has 0 aromatic heterocycles. The van der Waals surface area contributed by atoms with Crippen LogP contribution in [0.15, 0.2) is 48.5 Å². The number of hydrogen-bond acceptors (Lipinski definition) is 3. The van der Waals surface area contributed by atoms with Gasteiger partial charge < -0.3 is 15.4 Å². The fourth-order valence-electron chi connectivity index (χ4n) is 2.03. The van der Waals surface area contributed by atoms with Crippen molar-refractivity contribution in [1.29, 1.82) is 0 Å². The van der Waals surface area contributed by atoms with Crippen molar-refractivity contribution in [2.45, 2.75) is 20.3 Å². The molecule has 126 valence electrons. The van der Waals surface area contributed by atoms with E-state index in [1.165, 1.54) is 0 Å². The quantitative estimate of drug-likeness (QED) is 0.821. The van der Waals surface area contributed by atoms with Crippen molar-refractivity contribution >= 4 is 17.5 Å². The molecule has 0 unspecified atom stereocenters. The molecule has 0 saturated carbocycles. The zero-order chi connectivity index (χ0) is 17.4. The Morgan fingerprint density at radius 1 is 1.00 bits per heavy atom. The Balaban J connectivity index is 1.83. The first-order chi connectivity index (χ1) is 11.6. The number of carbonyl (C=O) groups excluding carboxylic acids is 2. The second kappa shape index (κ2) is 8.72. The summed E-state index contributed by atoms with van der Waals surface area (Å²) in [7, 11) is 0. The summed E-state index contributed by atoms with van der Waals surface area (Å²) < 4.78 is 5.43. The molecule has 0 heterocycles. The van der Waals surface area contributed by atoms with Gasteiger partial charge in [0.25, 0.3) is 11.8 Å². The summed E-state index contributed by atoms with van der Waals surface area (Å²) in [6.45, 7) is 4.57. The fourth-order valence-corrected chi connectivity index (χ4v) is 2.03. The lowest BCUT2D eigenvalue weighted by Gasteiger charge is -2.08. The summed E-state index contributed by atoms with van der Waals surface area (Å²) in [6.07, 6.45) is 0.890. The molecule has 0 aliphatic heterocycles. The molecule has 2 aromatic rings. The zero-order valence-corrected chi connectivity index (χ0v) is 14.0. The molecule has 0 bridgehead atoms. The molecule has 2 rings (SSSR count). The van der Waals surface area contributed by atoms with Crippen LogP contribution in [0, 0.1) is 6.92 Å². The molecule has 24 heavy (non-hydrogen) atoms. The van der Waals surface area contributed by atoms with E-state index >= 15 is 0 Å². The first kappa shape index (κ1) is 17.5. The molecule has 2 N–H and O–H groups in total. The number of amides is 2. The van der Waals surface area contributed by atoms with E-state index in [0.717, 1.165) is 12.0 Å². The maximum atomic E-state index is 11.9. The average Bonchev–Trinajstić information content (AvgIpc) is 2.60. The molecule has 2 amide bonds. The molecular weight excluding hydrogens is 304 g/mol. The van der Waals surface area contributed by atoms with E-state index in [9.17, 15) is 9.59 Å². The minimum absolute atomic E-state index is 0.0677. The topological polar surface area (TPSA) is 67.4 Å². The fraction of sp³-hybridized carbons (Fsp3) is 0.263. The highest BCUT2D eigenvalue weighted by molar-refractivity contribution is 5.96. The summed E-state index contributed by atoms with van der Waals surface area (Å²) in [5.41, 5.74) is 2.33. The summed E-state index contributed by atoms with van der Waals surface area (Å²) in [4.78, 5) is 23.7. The van der Waals surface area contributed by atoms with Crippen molar-refractivity contribution in [3.63, 3.8) is 0 Å². The van der Waals surface area contributed by atoms with Crippen molar-refractivity contribution in [1.82, 2.24) is 5.32 Å². The monoisotopic (exact) mass is 326 g/mol. The maximum absolute atomic E-state index is 11.9. The highest BCUT2D eigenvalue weighted by atomic mass is 16.5. The van der Waals surface area contributed by atoms with Gasteiger partial charge in [-0.25, -0.2) is 0 Å². The number of carbonyl (C=O) groups is 2. The Morgan fingerprint density at radius 3 is 2.29 bits per heavy atom. The number of anilines is 1. The molecule has 0 aliphatic rings. The summed E-state index contributed by atoms with van der Waals surface area (Å²) in [5, 5.41) is 5.54. The van der Waals surface area contributed by atoms with E-state index < -0.39 is 0 Å². The van der Waals surface area contributed by atoms with Crippen LogP contribution >= 0.6 is 0 Å². The third kappa shape index (κ3) is 5.43. The van der Waals surface area contributed by atoms with Crippen molar-refractivity contribution in [2.75, 3.05) is 18.5 Å². The zero-order valence-electron chi connectivity index (χ0n) is 14.0. The number of hydrogen-bond donors (Lipinski definition) is 2. The lowest BCUT2D eigenvalue weighted by atomic mass is 10.2. The van der Waals surface area contributed by atoms with Crippen molar-refractivity contribution in [3.05, 3.63) is 59.7 Å². The largest absolute Gasteiger partial charge is 0.484 e. The van der Waals surface area contributed by atoms with Crippen LogP contribution in [0.1, 0.15) is 29.3 Å². The van der Waals surface area contributed by atoms with Crippen LogP contribution < -0.4 is 15.4 Å². The minimum Gasteiger partial charge on any atom is -0.484 e. The number of benzene rings is 2. The predicted octanol–water partition coefficient (Wildman–Crippen LogP) is 3.15. The number of nitrogens with one attached hydrogen (secondary N) is 2.